The number of methoxy groups -OCH3 is 1. The fraction of sp³-hybridized carbons (Fsp3) is 0.400. The van der Waals surface area contributed by atoms with E-state index >= 15 is 0 Å². The predicted molar refractivity (Wildman–Crippen MR) is 82.5 cm³/mol. The van der Waals surface area contributed by atoms with Crippen LogP contribution in [0, 0.1) is 21.7 Å². The lowest BCUT2D eigenvalue weighted by Crippen LogP contribution is -2.49. The molecule has 33 heavy (non-hydrogen) atoms. The molecule has 1 aromatic rings. The molecule has 0 aliphatic carbocycles. The van der Waals surface area contributed by atoms with Crippen molar-refractivity contribution in [3.8, 4) is 11.5 Å². The number of carbonyl (C=O) groups excluding carboxylic acids is 3. The first-order chi connectivity index (χ1) is 14.8. The van der Waals surface area contributed by atoms with E-state index in [4.69, 9.17) is 0 Å². The zero-order valence-corrected chi connectivity index (χ0v) is 16.1. The largest absolute Gasteiger partial charge is 0.463 e. The van der Waals surface area contributed by atoms with Gasteiger partial charge in [0.15, 0.2) is 11.6 Å². The number of nitro benzene ring substituents is 1. The minimum absolute atomic E-state index is 0.225. The summed E-state index contributed by atoms with van der Waals surface area (Å²) in [4.78, 5) is 42.3. The molecule has 0 heterocycles. The number of hydrogen-bond donors (Lipinski definition) is 0. The molecule has 0 aromatic heterocycles. The Kier molecular flexibility index (Phi) is 7.59. The molecule has 184 valence electrons. The summed E-state index contributed by atoms with van der Waals surface area (Å²) in [6.07, 6.45) is -12.4. The van der Waals surface area contributed by atoms with E-state index < -0.39 is 75.4 Å². The quantitative estimate of drug-likeness (QED) is 0.174. The van der Waals surface area contributed by atoms with Gasteiger partial charge >= 0.3 is 41.7 Å². The second-order valence-corrected chi connectivity index (χ2v) is 5.66. The number of ether oxygens (including phenoxy) is 4. The second kappa shape index (κ2) is 9.12. The number of alkyl halides is 6. The van der Waals surface area contributed by atoms with Crippen LogP contribution in [-0.2, 0) is 29.8 Å². The van der Waals surface area contributed by atoms with E-state index in [1.165, 1.54) is 0 Å². The summed E-state index contributed by atoms with van der Waals surface area (Å²) in [6, 6.07) is 0. The first-order valence-electron chi connectivity index (χ1n) is 7.80. The normalized spacial score (nSPS) is 12.2. The van der Waals surface area contributed by atoms with E-state index in [-0.39, 0.29) is 7.11 Å². The maximum absolute atomic E-state index is 14.6. The zero-order valence-electron chi connectivity index (χ0n) is 16.1. The third kappa shape index (κ3) is 5.26. The lowest BCUT2D eigenvalue weighted by Gasteiger charge is -2.29. The molecule has 0 aliphatic heterocycles. The van der Waals surface area contributed by atoms with Crippen LogP contribution < -0.4 is 9.47 Å². The smallest absolute Gasteiger partial charge is 0.460 e. The molecule has 0 saturated heterocycles. The fourth-order valence-electron chi connectivity index (χ4n) is 2.08. The summed E-state index contributed by atoms with van der Waals surface area (Å²) in [7, 11) is 0.225. The average Bonchev–Trinajstić information content (AvgIpc) is 2.62. The monoisotopic (exact) mass is 499 g/mol. The first kappa shape index (κ1) is 27.5. The van der Waals surface area contributed by atoms with E-state index in [1.54, 1.807) is 0 Å². The summed E-state index contributed by atoms with van der Waals surface area (Å²) in [5.41, 5.74) is -5.34. The third-order valence-corrected chi connectivity index (χ3v) is 3.30. The van der Waals surface area contributed by atoms with Crippen molar-refractivity contribution in [2.45, 2.75) is 32.0 Å². The third-order valence-electron chi connectivity index (χ3n) is 3.30. The topological polar surface area (TPSA) is 131 Å². The summed E-state index contributed by atoms with van der Waals surface area (Å²) in [6.45, 7) is 0.842. The van der Waals surface area contributed by atoms with Gasteiger partial charge in [-0.05, 0) is 0 Å². The van der Waals surface area contributed by atoms with Crippen molar-refractivity contribution >= 4 is 23.6 Å². The highest BCUT2D eigenvalue weighted by atomic mass is 19.3. The van der Waals surface area contributed by atoms with Gasteiger partial charge in [0, 0.05) is 13.8 Å². The molecule has 10 nitrogen and oxygen atoms in total. The average molecular weight is 499 g/mol. The molecule has 0 bridgehead atoms. The van der Waals surface area contributed by atoms with Crippen LogP contribution in [0.5, 0.6) is 11.5 Å². The van der Waals surface area contributed by atoms with E-state index in [2.05, 4.69) is 18.9 Å². The Labute approximate surface area is 176 Å². The Morgan fingerprint density at radius 3 is 1.58 bits per heavy atom. The highest BCUT2D eigenvalue weighted by Crippen LogP contribution is 2.53. The molecule has 0 spiro atoms. The van der Waals surface area contributed by atoms with Crippen LogP contribution in [0.1, 0.15) is 19.4 Å². The van der Waals surface area contributed by atoms with Gasteiger partial charge in [0.25, 0.3) is 0 Å². The van der Waals surface area contributed by atoms with Gasteiger partial charge < -0.3 is 14.2 Å². The van der Waals surface area contributed by atoms with Gasteiger partial charge in [-0.1, -0.05) is 0 Å². The standard InChI is InChI=1S/C15H9F8NO9/c1-4(25)31-10-7(16)6(8(17)11(32-5(2)26)9(10)24(28)29)13(18,19)15(22,23)33-14(20,21)12(27)30-3/h1-3H3. The van der Waals surface area contributed by atoms with E-state index in [0.29, 0.717) is 13.8 Å². The number of benzene rings is 1. The molecule has 0 saturated carbocycles. The number of hydrogen-bond acceptors (Lipinski definition) is 9. The molecule has 0 atom stereocenters. The maximum Gasteiger partial charge on any atom is 0.460 e. The van der Waals surface area contributed by atoms with Crippen molar-refractivity contribution in [2.75, 3.05) is 7.11 Å². The van der Waals surface area contributed by atoms with Crippen LogP contribution in [-0.4, -0.2) is 42.2 Å². The number of rotatable bonds is 8. The molecule has 0 N–H and O–H groups in total. The summed E-state index contributed by atoms with van der Waals surface area (Å²) in [5, 5.41) is 11.1. The summed E-state index contributed by atoms with van der Waals surface area (Å²) < 4.78 is 126. The number of halogens is 8. The van der Waals surface area contributed by atoms with Gasteiger partial charge in [-0.2, -0.15) is 26.3 Å². The zero-order chi connectivity index (χ0) is 26.1. The Morgan fingerprint density at radius 1 is 0.879 bits per heavy atom. The number of esters is 3. The summed E-state index contributed by atoms with van der Waals surface area (Å²) in [5.74, 6) is -23.3. The van der Waals surface area contributed by atoms with Crippen molar-refractivity contribution < 1.29 is 73.4 Å². The first-order valence-corrected chi connectivity index (χ1v) is 7.80. The van der Waals surface area contributed by atoms with Crippen LogP contribution in [0.4, 0.5) is 40.8 Å². The Hall–Kier alpha value is -3.57. The molecule has 0 aliphatic rings. The predicted octanol–water partition coefficient (Wildman–Crippen LogP) is 3.19. The molecule has 0 radical (unpaired) electrons. The van der Waals surface area contributed by atoms with Gasteiger partial charge in [-0.3, -0.25) is 19.7 Å². The van der Waals surface area contributed by atoms with Crippen LogP contribution >= 0.6 is 0 Å². The van der Waals surface area contributed by atoms with Crippen molar-refractivity contribution in [3.05, 3.63) is 27.3 Å². The van der Waals surface area contributed by atoms with E-state index in [9.17, 15) is 59.6 Å². The van der Waals surface area contributed by atoms with Crippen LogP contribution in [0.15, 0.2) is 0 Å². The molecular formula is C15H9F8NO9. The van der Waals surface area contributed by atoms with Crippen molar-refractivity contribution in [2.24, 2.45) is 0 Å². The van der Waals surface area contributed by atoms with Gasteiger partial charge in [-0.15, -0.1) is 0 Å². The Morgan fingerprint density at radius 2 is 1.27 bits per heavy atom. The highest BCUT2D eigenvalue weighted by molar-refractivity contribution is 5.77. The van der Waals surface area contributed by atoms with Crippen LogP contribution in [0.25, 0.3) is 0 Å². The minimum Gasteiger partial charge on any atom is -0.463 e. The lowest BCUT2D eigenvalue weighted by molar-refractivity contribution is -0.426. The van der Waals surface area contributed by atoms with E-state index in [1.807, 2.05) is 0 Å². The SMILES string of the molecule is COC(=O)C(F)(F)OC(F)(F)C(F)(F)c1c(F)c(OC(C)=O)c([N+](=O)[O-])c(OC(C)=O)c1F. The molecule has 0 fully saturated rings. The Bertz CT molecular complexity index is 969. The highest BCUT2D eigenvalue weighted by Gasteiger charge is 2.68. The molecule has 1 aromatic carbocycles. The molecule has 0 amide bonds. The summed E-state index contributed by atoms with van der Waals surface area (Å²) >= 11 is 0. The van der Waals surface area contributed by atoms with Crippen molar-refractivity contribution in [3.63, 3.8) is 0 Å². The number of nitro groups is 1. The van der Waals surface area contributed by atoms with E-state index in [0.717, 1.165) is 0 Å². The molecular weight excluding hydrogens is 490 g/mol. The van der Waals surface area contributed by atoms with Gasteiger partial charge in [0.2, 0.25) is 11.5 Å². The maximum atomic E-state index is 14.6. The lowest BCUT2D eigenvalue weighted by atomic mass is 10.0. The Balaban J connectivity index is 4.00. The molecule has 0 unspecified atom stereocenters. The molecule has 1 rings (SSSR count). The van der Waals surface area contributed by atoms with Crippen LogP contribution in [0.2, 0.25) is 0 Å². The van der Waals surface area contributed by atoms with Crippen molar-refractivity contribution in [1.82, 2.24) is 0 Å². The van der Waals surface area contributed by atoms with Gasteiger partial charge in [-0.25, -0.2) is 18.3 Å². The van der Waals surface area contributed by atoms with Gasteiger partial charge in [0.05, 0.1) is 12.0 Å². The van der Waals surface area contributed by atoms with Crippen LogP contribution in [0.3, 0.4) is 0 Å². The molecule has 18 heteroatoms. The van der Waals surface area contributed by atoms with Gasteiger partial charge in [0.1, 0.15) is 5.56 Å². The minimum atomic E-state index is -6.62. The van der Waals surface area contributed by atoms with Crippen molar-refractivity contribution in [1.29, 1.82) is 0 Å². The fourth-order valence-corrected chi connectivity index (χ4v) is 2.08. The number of carbonyl (C=O) groups is 3. The second-order valence-electron chi connectivity index (χ2n) is 5.66. The number of nitrogens with zero attached hydrogens (tertiary/aromatic N) is 1.